The topological polar surface area (TPSA) is 44.4 Å². The van der Waals surface area contributed by atoms with Crippen LogP contribution >= 0.6 is 0 Å². The van der Waals surface area contributed by atoms with E-state index >= 15 is 0 Å². The van der Waals surface area contributed by atoms with Crippen molar-refractivity contribution in [2.24, 2.45) is 0 Å². The van der Waals surface area contributed by atoms with Gasteiger partial charge in [0.2, 0.25) is 5.91 Å². The highest BCUT2D eigenvalue weighted by molar-refractivity contribution is 5.80. The molecule has 0 saturated carbocycles. The molecule has 0 aliphatic heterocycles. The molecule has 1 amide bonds. The molecule has 0 aliphatic carbocycles. The van der Waals surface area contributed by atoms with Gasteiger partial charge >= 0.3 is 0 Å². The van der Waals surface area contributed by atoms with Crippen LogP contribution < -0.4 is 15.5 Å². The zero-order chi connectivity index (χ0) is 11.3. The first-order valence-corrected chi connectivity index (χ1v) is 4.85. The highest BCUT2D eigenvalue weighted by atomic mass is 16.1. The number of hydrogen-bond acceptors (Lipinski definition) is 3. The molecule has 0 saturated heterocycles. The maximum absolute atomic E-state index is 11.0. The smallest absolute Gasteiger partial charge is 0.239 e. The summed E-state index contributed by atoms with van der Waals surface area (Å²) in [6.45, 7) is 0.303. The van der Waals surface area contributed by atoms with Gasteiger partial charge in [-0.15, -0.1) is 0 Å². The van der Waals surface area contributed by atoms with Crippen molar-refractivity contribution < 1.29 is 4.79 Å². The van der Waals surface area contributed by atoms with Crippen molar-refractivity contribution in [3.05, 3.63) is 24.3 Å². The summed E-state index contributed by atoms with van der Waals surface area (Å²) in [7, 11) is 5.61. The molecular weight excluding hydrogens is 190 g/mol. The summed E-state index contributed by atoms with van der Waals surface area (Å²) in [5.74, 6) is -0.0216. The number of carbonyl (C=O) groups is 1. The molecule has 0 radical (unpaired) electrons. The second-order valence-electron chi connectivity index (χ2n) is 3.47. The first kappa shape index (κ1) is 11.4. The van der Waals surface area contributed by atoms with Gasteiger partial charge in [-0.05, 0) is 24.3 Å². The Bertz CT molecular complexity index is 319. The largest absolute Gasteiger partial charge is 0.378 e. The Morgan fingerprint density at radius 2 is 1.87 bits per heavy atom. The maximum atomic E-state index is 11.0. The average molecular weight is 207 g/mol. The number of amides is 1. The van der Waals surface area contributed by atoms with Crippen LogP contribution in [0.3, 0.4) is 0 Å². The Labute approximate surface area is 90.3 Å². The molecule has 0 bridgehead atoms. The van der Waals surface area contributed by atoms with Crippen LogP contribution in [-0.2, 0) is 4.79 Å². The second kappa shape index (κ2) is 5.24. The van der Waals surface area contributed by atoms with Gasteiger partial charge in [-0.2, -0.15) is 0 Å². The van der Waals surface area contributed by atoms with Crippen LogP contribution in [0.2, 0.25) is 0 Å². The van der Waals surface area contributed by atoms with Crippen LogP contribution in [0.15, 0.2) is 24.3 Å². The van der Waals surface area contributed by atoms with E-state index in [9.17, 15) is 4.79 Å². The summed E-state index contributed by atoms with van der Waals surface area (Å²) in [6.07, 6.45) is 0. The molecule has 0 atom stereocenters. The monoisotopic (exact) mass is 207 g/mol. The van der Waals surface area contributed by atoms with E-state index in [0.29, 0.717) is 6.54 Å². The van der Waals surface area contributed by atoms with E-state index in [2.05, 4.69) is 10.6 Å². The van der Waals surface area contributed by atoms with E-state index in [4.69, 9.17) is 0 Å². The maximum Gasteiger partial charge on any atom is 0.239 e. The zero-order valence-corrected chi connectivity index (χ0v) is 9.37. The van der Waals surface area contributed by atoms with Crippen LogP contribution in [-0.4, -0.2) is 33.6 Å². The van der Waals surface area contributed by atoms with Gasteiger partial charge in [0.05, 0.1) is 6.54 Å². The first-order chi connectivity index (χ1) is 7.13. The molecule has 0 fully saturated rings. The summed E-state index contributed by atoms with van der Waals surface area (Å²) in [5.41, 5.74) is 2.09. The van der Waals surface area contributed by atoms with Crippen molar-refractivity contribution in [1.29, 1.82) is 0 Å². The zero-order valence-electron chi connectivity index (χ0n) is 9.37. The average Bonchev–Trinajstić information content (AvgIpc) is 2.26. The lowest BCUT2D eigenvalue weighted by molar-refractivity contribution is -0.118. The molecule has 4 nitrogen and oxygen atoms in total. The predicted octanol–water partition coefficient (Wildman–Crippen LogP) is 0.910. The molecule has 2 N–H and O–H groups in total. The molecular formula is C11H17N3O. The standard InChI is InChI=1S/C11H17N3O/c1-12-11(15)8-13-9-4-6-10(7-5-9)14(2)3/h4-7,13H,8H2,1-3H3,(H,12,15). The number of benzene rings is 1. The molecule has 1 aromatic rings. The third kappa shape index (κ3) is 3.50. The van der Waals surface area contributed by atoms with Crippen molar-refractivity contribution in [2.75, 3.05) is 37.9 Å². The number of likely N-dealkylation sites (N-methyl/N-ethyl adjacent to an activating group) is 1. The number of nitrogens with zero attached hydrogens (tertiary/aromatic N) is 1. The third-order valence-electron chi connectivity index (χ3n) is 2.12. The Hall–Kier alpha value is -1.71. The lowest BCUT2D eigenvalue weighted by Crippen LogP contribution is -2.26. The van der Waals surface area contributed by atoms with Crippen molar-refractivity contribution in [2.45, 2.75) is 0 Å². The van der Waals surface area contributed by atoms with Gasteiger partial charge < -0.3 is 15.5 Å². The molecule has 0 unspecified atom stereocenters. The van der Waals surface area contributed by atoms with Crippen LogP contribution in [0.25, 0.3) is 0 Å². The Morgan fingerprint density at radius 1 is 1.27 bits per heavy atom. The quantitative estimate of drug-likeness (QED) is 0.771. The van der Waals surface area contributed by atoms with Gasteiger partial charge in [0.25, 0.3) is 0 Å². The molecule has 0 spiro atoms. The van der Waals surface area contributed by atoms with Crippen molar-refractivity contribution in [3.8, 4) is 0 Å². The van der Waals surface area contributed by atoms with Gasteiger partial charge in [0, 0.05) is 32.5 Å². The summed E-state index contributed by atoms with van der Waals surface area (Å²) in [6, 6.07) is 7.93. The number of nitrogens with one attached hydrogen (secondary N) is 2. The number of carbonyl (C=O) groups excluding carboxylic acids is 1. The fourth-order valence-electron chi connectivity index (χ4n) is 1.15. The fraction of sp³-hybridized carbons (Fsp3) is 0.364. The normalized spacial score (nSPS) is 9.53. The number of hydrogen-bond donors (Lipinski definition) is 2. The molecule has 4 heteroatoms. The van der Waals surface area contributed by atoms with Crippen LogP contribution in [0.1, 0.15) is 0 Å². The molecule has 1 rings (SSSR count). The van der Waals surface area contributed by atoms with Crippen LogP contribution in [0.5, 0.6) is 0 Å². The first-order valence-electron chi connectivity index (χ1n) is 4.85. The molecule has 0 aliphatic rings. The van der Waals surface area contributed by atoms with Crippen molar-refractivity contribution in [1.82, 2.24) is 5.32 Å². The number of anilines is 2. The van der Waals surface area contributed by atoms with E-state index in [-0.39, 0.29) is 5.91 Å². The Balaban J connectivity index is 2.53. The third-order valence-corrected chi connectivity index (χ3v) is 2.12. The predicted molar refractivity (Wildman–Crippen MR) is 63.3 cm³/mol. The van der Waals surface area contributed by atoms with E-state index in [1.165, 1.54) is 0 Å². The van der Waals surface area contributed by atoms with E-state index in [1.807, 2.05) is 43.3 Å². The molecule has 0 heterocycles. The minimum Gasteiger partial charge on any atom is -0.378 e. The van der Waals surface area contributed by atoms with Crippen molar-refractivity contribution >= 4 is 17.3 Å². The lowest BCUT2D eigenvalue weighted by atomic mass is 10.2. The van der Waals surface area contributed by atoms with Crippen LogP contribution in [0, 0.1) is 0 Å². The fourth-order valence-corrected chi connectivity index (χ4v) is 1.15. The molecule has 82 valence electrons. The highest BCUT2D eigenvalue weighted by Crippen LogP contribution is 2.15. The van der Waals surface area contributed by atoms with Gasteiger partial charge in [-0.3, -0.25) is 4.79 Å². The van der Waals surface area contributed by atoms with Gasteiger partial charge in [0.15, 0.2) is 0 Å². The number of rotatable bonds is 4. The molecule has 0 aromatic heterocycles. The summed E-state index contributed by atoms with van der Waals surface area (Å²) in [4.78, 5) is 13.0. The summed E-state index contributed by atoms with van der Waals surface area (Å²) < 4.78 is 0. The van der Waals surface area contributed by atoms with E-state index < -0.39 is 0 Å². The summed E-state index contributed by atoms with van der Waals surface area (Å²) >= 11 is 0. The summed E-state index contributed by atoms with van der Waals surface area (Å²) in [5, 5.41) is 5.59. The molecule has 1 aromatic carbocycles. The van der Waals surface area contributed by atoms with Gasteiger partial charge in [-0.25, -0.2) is 0 Å². The van der Waals surface area contributed by atoms with E-state index in [1.54, 1.807) is 7.05 Å². The highest BCUT2D eigenvalue weighted by Gasteiger charge is 1.98. The van der Waals surface area contributed by atoms with Crippen molar-refractivity contribution in [3.63, 3.8) is 0 Å². The second-order valence-corrected chi connectivity index (χ2v) is 3.47. The van der Waals surface area contributed by atoms with Gasteiger partial charge in [0.1, 0.15) is 0 Å². The minimum absolute atomic E-state index is 0.0216. The van der Waals surface area contributed by atoms with Crippen LogP contribution in [0.4, 0.5) is 11.4 Å². The Morgan fingerprint density at radius 3 is 2.33 bits per heavy atom. The SMILES string of the molecule is CNC(=O)CNc1ccc(N(C)C)cc1. The minimum atomic E-state index is -0.0216. The lowest BCUT2D eigenvalue weighted by Gasteiger charge is -2.13. The van der Waals surface area contributed by atoms with Gasteiger partial charge in [-0.1, -0.05) is 0 Å². The van der Waals surface area contributed by atoms with E-state index in [0.717, 1.165) is 11.4 Å². The molecule has 15 heavy (non-hydrogen) atoms. The Kier molecular flexibility index (Phi) is 3.97.